The van der Waals surface area contributed by atoms with Crippen LogP contribution in [0.3, 0.4) is 0 Å². The summed E-state index contributed by atoms with van der Waals surface area (Å²) in [4.78, 5) is 17.9. The summed E-state index contributed by atoms with van der Waals surface area (Å²) in [7, 11) is 3.27. The Labute approximate surface area is 140 Å². The summed E-state index contributed by atoms with van der Waals surface area (Å²) >= 11 is 0. The second-order valence-corrected chi connectivity index (χ2v) is 5.22. The Kier molecular flexibility index (Phi) is 5.18. The number of hydrogen-bond acceptors (Lipinski definition) is 5. The van der Waals surface area contributed by atoms with Gasteiger partial charge in [-0.3, -0.25) is 4.79 Å². The second kappa shape index (κ2) is 7.30. The molecule has 1 aromatic heterocycles. The maximum absolute atomic E-state index is 12.5. The van der Waals surface area contributed by atoms with Crippen LogP contribution in [0.2, 0.25) is 0 Å². The molecule has 1 heterocycles. The van der Waals surface area contributed by atoms with Crippen molar-refractivity contribution in [3.05, 3.63) is 47.5 Å². The van der Waals surface area contributed by atoms with Gasteiger partial charge in [0.2, 0.25) is 5.91 Å². The molecule has 0 spiro atoms. The zero-order chi connectivity index (χ0) is 17.7. The van der Waals surface area contributed by atoms with Gasteiger partial charge in [0.15, 0.2) is 11.4 Å². The Morgan fingerprint density at radius 2 is 2.08 bits per heavy atom. The van der Waals surface area contributed by atoms with Crippen molar-refractivity contribution in [1.29, 1.82) is 10.5 Å². The number of imidazole rings is 1. The average molecular weight is 323 g/mol. The molecule has 0 fully saturated rings. The van der Waals surface area contributed by atoms with Crippen LogP contribution in [0.5, 0.6) is 5.75 Å². The van der Waals surface area contributed by atoms with Gasteiger partial charge in [0.1, 0.15) is 24.4 Å². The van der Waals surface area contributed by atoms with E-state index >= 15 is 0 Å². The molecule has 0 unspecified atom stereocenters. The van der Waals surface area contributed by atoms with Crippen molar-refractivity contribution in [1.82, 2.24) is 14.5 Å². The number of benzene rings is 1. The number of para-hydroxylation sites is 1. The van der Waals surface area contributed by atoms with Gasteiger partial charge >= 0.3 is 0 Å². The normalized spacial score (nSPS) is 11.2. The van der Waals surface area contributed by atoms with E-state index in [1.807, 2.05) is 43.3 Å². The fourth-order valence-electron chi connectivity index (χ4n) is 2.39. The van der Waals surface area contributed by atoms with E-state index in [4.69, 9.17) is 15.3 Å². The predicted molar refractivity (Wildman–Crippen MR) is 85.8 cm³/mol. The number of carbonyl (C=O) groups is 1. The topological polar surface area (TPSA) is 94.9 Å². The Morgan fingerprint density at radius 3 is 2.71 bits per heavy atom. The lowest BCUT2D eigenvalue weighted by Gasteiger charge is -2.26. The summed E-state index contributed by atoms with van der Waals surface area (Å²) < 4.78 is 6.72. The molecule has 2 aromatic rings. The highest BCUT2D eigenvalue weighted by molar-refractivity contribution is 5.76. The van der Waals surface area contributed by atoms with Gasteiger partial charge in [-0.15, -0.1) is 0 Å². The van der Waals surface area contributed by atoms with Crippen LogP contribution in [-0.4, -0.2) is 34.5 Å². The number of ether oxygens (including phenoxy) is 1. The van der Waals surface area contributed by atoms with Crippen molar-refractivity contribution in [3.63, 3.8) is 0 Å². The molecule has 1 atom stereocenters. The Bertz CT molecular complexity index is 828. The van der Waals surface area contributed by atoms with Gasteiger partial charge in [0, 0.05) is 12.6 Å². The summed E-state index contributed by atoms with van der Waals surface area (Å²) in [6.07, 6.45) is 1.33. The lowest BCUT2D eigenvalue weighted by molar-refractivity contribution is -0.132. The van der Waals surface area contributed by atoms with Crippen LogP contribution in [0.1, 0.15) is 29.9 Å². The molecule has 7 heteroatoms. The smallest absolute Gasteiger partial charge is 0.242 e. The quantitative estimate of drug-likeness (QED) is 0.837. The van der Waals surface area contributed by atoms with Crippen molar-refractivity contribution in [3.8, 4) is 17.9 Å². The summed E-state index contributed by atoms with van der Waals surface area (Å²) in [6, 6.07) is 11.0. The van der Waals surface area contributed by atoms with E-state index < -0.39 is 0 Å². The maximum Gasteiger partial charge on any atom is 0.242 e. The molecule has 0 aliphatic carbocycles. The summed E-state index contributed by atoms with van der Waals surface area (Å²) in [5.41, 5.74) is 0.995. The van der Waals surface area contributed by atoms with E-state index in [9.17, 15) is 4.79 Å². The Hall–Kier alpha value is -3.32. The van der Waals surface area contributed by atoms with Crippen molar-refractivity contribution >= 4 is 5.91 Å². The molecule has 122 valence electrons. The zero-order valence-electron chi connectivity index (χ0n) is 13.7. The predicted octanol–water partition coefficient (Wildman–Crippen LogP) is 1.85. The number of likely N-dealkylation sites (N-methyl/N-ethyl adjacent to an activating group) is 1. The number of nitriles is 2. The van der Waals surface area contributed by atoms with Crippen molar-refractivity contribution in [2.24, 2.45) is 0 Å². The molecular formula is C17H17N5O2. The highest BCUT2D eigenvalue weighted by Gasteiger charge is 2.22. The fourth-order valence-corrected chi connectivity index (χ4v) is 2.39. The number of carbonyl (C=O) groups excluding carboxylic acids is 1. The number of hydrogen-bond donors (Lipinski definition) is 0. The Morgan fingerprint density at radius 1 is 1.38 bits per heavy atom. The minimum atomic E-state index is -0.210. The van der Waals surface area contributed by atoms with E-state index in [0.29, 0.717) is 5.75 Å². The van der Waals surface area contributed by atoms with Crippen LogP contribution < -0.4 is 4.74 Å². The molecule has 0 radical (unpaired) electrons. The first-order valence-corrected chi connectivity index (χ1v) is 7.27. The molecule has 24 heavy (non-hydrogen) atoms. The van der Waals surface area contributed by atoms with Crippen LogP contribution in [0.4, 0.5) is 0 Å². The van der Waals surface area contributed by atoms with Gasteiger partial charge in [0.05, 0.1) is 19.5 Å². The maximum atomic E-state index is 12.5. The third-order valence-electron chi connectivity index (χ3n) is 3.92. The summed E-state index contributed by atoms with van der Waals surface area (Å²) in [6.45, 7) is 1.84. The highest BCUT2D eigenvalue weighted by atomic mass is 16.5. The number of aromatic nitrogens is 2. The molecule has 0 aliphatic rings. The monoisotopic (exact) mass is 323 g/mol. The van der Waals surface area contributed by atoms with E-state index in [0.717, 1.165) is 5.56 Å². The zero-order valence-corrected chi connectivity index (χ0v) is 13.7. The molecule has 0 saturated carbocycles. The van der Waals surface area contributed by atoms with Crippen LogP contribution in [0.25, 0.3) is 0 Å². The molecule has 1 aromatic carbocycles. The minimum Gasteiger partial charge on any atom is -0.496 e. The first-order valence-electron chi connectivity index (χ1n) is 7.27. The van der Waals surface area contributed by atoms with Gasteiger partial charge in [-0.1, -0.05) is 18.2 Å². The lowest BCUT2D eigenvalue weighted by Crippen LogP contribution is -2.33. The largest absolute Gasteiger partial charge is 0.496 e. The van der Waals surface area contributed by atoms with E-state index in [1.165, 1.54) is 10.9 Å². The molecule has 2 rings (SSSR count). The van der Waals surface area contributed by atoms with Crippen molar-refractivity contribution < 1.29 is 9.53 Å². The molecule has 7 nitrogen and oxygen atoms in total. The van der Waals surface area contributed by atoms with E-state index in [2.05, 4.69) is 4.98 Å². The van der Waals surface area contributed by atoms with Crippen LogP contribution in [0.15, 0.2) is 30.6 Å². The number of rotatable bonds is 5. The fraction of sp³-hybridized carbons (Fsp3) is 0.294. The standard InChI is InChI=1S/C17H17N5O2/c1-12(13-6-4-5-7-16(13)24-3)21(2)17(23)10-22-11-20-14(8-18)15(22)9-19/h4-7,11-12H,10H2,1-3H3/t12-/m1/s1. The second-order valence-electron chi connectivity index (χ2n) is 5.22. The van der Waals surface area contributed by atoms with Crippen LogP contribution >= 0.6 is 0 Å². The van der Waals surface area contributed by atoms with Gasteiger partial charge in [-0.05, 0) is 13.0 Å². The molecular weight excluding hydrogens is 306 g/mol. The molecule has 0 N–H and O–H groups in total. The van der Waals surface area contributed by atoms with Crippen LogP contribution in [0, 0.1) is 22.7 Å². The minimum absolute atomic E-state index is 0.0192. The van der Waals surface area contributed by atoms with E-state index in [1.54, 1.807) is 19.1 Å². The highest BCUT2D eigenvalue weighted by Crippen LogP contribution is 2.28. The summed E-state index contributed by atoms with van der Waals surface area (Å²) in [5.74, 6) is 0.503. The van der Waals surface area contributed by atoms with E-state index in [-0.39, 0.29) is 29.9 Å². The summed E-state index contributed by atoms with van der Waals surface area (Å²) in [5, 5.41) is 18.0. The lowest BCUT2D eigenvalue weighted by atomic mass is 10.1. The first kappa shape index (κ1) is 17.0. The SMILES string of the molecule is COc1ccccc1[C@@H](C)N(C)C(=O)Cn1cnc(C#N)c1C#N. The van der Waals surface area contributed by atoms with Gasteiger partial charge in [0.25, 0.3) is 0 Å². The van der Waals surface area contributed by atoms with Crippen LogP contribution in [-0.2, 0) is 11.3 Å². The third kappa shape index (κ3) is 3.21. The molecule has 1 amide bonds. The van der Waals surface area contributed by atoms with Gasteiger partial charge in [-0.2, -0.15) is 10.5 Å². The first-order chi connectivity index (χ1) is 11.5. The third-order valence-corrected chi connectivity index (χ3v) is 3.92. The number of amides is 1. The Balaban J connectivity index is 2.20. The van der Waals surface area contributed by atoms with Crippen molar-refractivity contribution in [2.75, 3.05) is 14.2 Å². The number of methoxy groups -OCH3 is 1. The molecule has 0 bridgehead atoms. The molecule has 0 aliphatic heterocycles. The number of nitrogens with zero attached hydrogens (tertiary/aromatic N) is 5. The van der Waals surface area contributed by atoms with Gasteiger partial charge in [-0.25, -0.2) is 4.98 Å². The van der Waals surface area contributed by atoms with Gasteiger partial charge < -0.3 is 14.2 Å². The van der Waals surface area contributed by atoms with Crippen molar-refractivity contribution in [2.45, 2.75) is 19.5 Å². The molecule has 0 saturated heterocycles. The average Bonchev–Trinajstić information content (AvgIpc) is 3.01.